The first-order valence-electron chi connectivity index (χ1n) is 8.50. The summed E-state index contributed by atoms with van der Waals surface area (Å²) in [5, 5.41) is 5.58. The van der Waals surface area contributed by atoms with Crippen LogP contribution in [0.3, 0.4) is 0 Å². The Morgan fingerprint density at radius 1 is 1.09 bits per heavy atom. The molecule has 1 aliphatic rings. The summed E-state index contributed by atoms with van der Waals surface area (Å²) in [6.45, 7) is -0.124. The molecular formula is C18H27N3O2. The molecule has 0 spiro atoms. The van der Waals surface area contributed by atoms with E-state index in [0.717, 1.165) is 12.0 Å². The van der Waals surface area contributed by atoms with Gasteiger partial charge in [0.05, 0.1) is 19.1 Å². The van der Waals surface area contributed by atoms with Crippen molar-refractivity contribution in [2.24, 2.45) is 11.7 Å². The number of rotatable bonds is 7. The van der Waals surface area contributed by atoms with Crippen LogP contribution in [0.4, 0.5) is 0 Å². The monoisotopic (exact) mass is 317 g/mol. The third kappa shape index (κ3) is 6.02. The first-order chi connectivity index (χ1) is 11.2. The highest BCUT2D eigenvalue weighted by atomic mass is 16.2. The zero-order chi connectivity index (χ0) is 16.5. The number of amides is 2. The summed E-state index contributed by atoms with van der Waals surface area (Å²) in [4.78, 5) is 23.3. The van der Waals surface area contributed by atoms with Crippen molar-refractivity contribution in [3.05, 3.63) is 35.9 Å². The highest BCUT2D eigenvalue weighted by Gasteiger charge is 2.21. The van der Waals surface area contributed by atoms with Crippen LogP contribution >= 0.6 is 0 Å². The summed E-state index contributed by atoms with van der Waals surface area (Å²) >= 11 is 0. The van der Waals surface area contributed by atoms with Gasteiger partial charge in [-0.3, -0.25) is 9.59 Å². The van der Waals surface area contributed by atoms with Crippen LogP contribution in [0.25, 0.3) is 0 Å². The van der Waals surface area contributed by atoms with Gasteiger partial charge in [0, 0.05) is 0 Å². The lowest BCUT2D eigenvalue weighted by Gasteiger charge is -2.27. The van der Waals surface area contributed by atoms with Crippen LogP contribution in [-0.4, -0.2) is 24.9 Å². The van der Waals surface area contributed by atoms with E-state index in [1.54, 1.807) is 0 Å². The Morgan fingerprint density at radius 3 is 2.43 bits per heavy atom. The molecule has 5 nitrogen and oxygen atoms in total. The van der Waals surface area contributed by atoms with Gasteiger partial charge in [-0.2, -0.15) is 0 Å². The molecule has 1 saturated carbocycles. The number of nitrogens with one attached hydrogen (secondary N) is 2. The molecule has 0 radical (unpaired) electrons. The molecule has 4 N–H and O–H groups in total. The van der Waals surface area contributed by atoms with E-state index in [-0.39, 0.29) is 30.9 Å². The van der Waals surface area contributed by atoms with Gasteiger partial charge in [0.15, 0.2) is 0 Å². The second-order valence-electron chi connectivity index (χ2n) is 6.25. The predicted octanol–water partition coefficient (Wildman–Crippen LogP) is 1.89. The molecule has 2 rings (SSSR count). The number of nitrogens with two attached hydrogens (primary N) is 1. The number of carbonyl (C=O) groups excluding carboxylic acids is 2. The molecule has 0 aliphatic heterocycles. The smallest absolute Gasteiger partial charge is 0.239 e. The second kappa shape index (κ2) is 9.30. The molecule has 0 heterocycles. The quantitative estimate of drug-likeness (QED) is 0.718. The lowest BCUT2D eigenvalue weighted by Crippen LogP contribution is -2.41. The molecule has 1 fully saturated rings. The van der Waals surface area contributed by atoms with Gasteiger partial charge in [-0.15, -0.1) is 0 Å². The van der Waals surface area contributed by atoms with E-state index in [1.165, 1.54) is 32.1 Å². The summed E-state index contributed by atoms with van der Waals surface area (Å²) in [6, 6.07) is 10.1. The van der Waals surface area contributed by atoms with Crippen LogP contribution in [0.5, 0.6) is 0 Å². The summed E-state index contributed by atoms with van der Waals surface area (Å²) < 4.78 is 0. The molecule has 1 atom stereocenters. The highest BCUT2D eigenvalue weighted by molar-refractivity contribution is 5.85. The van der Waals surface area contributed by atoms with E-state index in [2.05, 4.69) is 10.6 Å². The molecule has 23 heavy (non-hydrogen) atoms. The van der Waals surface area contributed by atoms with Crippen molar-refractivity contribution in [1.82, 2.24) is 10.6 Å². The normalized spacial score (nSPS) is 16.6. The molecule has 0 saturated heterocycles. The Labute approximate surface area is 138 Å². The van der Waals surface area contributed by atoms with Crippen LogP contribution < -0.4 is 16.4 Å². The first kappa shape index (κ1) is 17.5. The van der Waals surface area contributed by atoms with Gasteiger partial charge in [0.2, 0.25) is 11.8 Å². The fraction of sp³-hybridized carbons (Fsp3) is 0.556. The average molecular weight is 317 g/mol. The Balaban J connectivity index is 1.95. The largest absolute Gasteiger partial charge is 0.348 e. The standard InChI is InChI=1S/C18H27N3O2/c19-12-17(22)20-13-18(23)21-16(15-9-5-2-6-10-15)11-14-7-3-1-4-8-14/h2,5-6,9-10,14,16H,1,3-4,7-8,11-13,19H2,(H,20,22)(H,21,23). The molecule has 1 aromatic rings. The third-order valence-electron chi connectivity index (χ3n) is 4.46. The minimum absolute atomic E-state index is 0.00146. The van der Waals surface area contributed by atoms with Gasteiger partial charge in [-0.05, 0) is 17.9 Å². The molecule has 0 aromatic heterocycles. The highest BCUT2D eigenvalue weighted by Crippen LogP contribution is 2.31. The molecule has 5 heteroatoms. The minimum Gasteiger partial charge on any atom is -0.348 e. The van der Waals surface area contributed by atoms with E-state index in [9.17, 15) is 9.59 Å². The summed E-state index contributed by atoms with van der Waals surface area (Å²) in [6.07, 6.45) is 7.33. The minimum atomic E-state index is -0.316. The molecule has 1 unspecified atom stereocenters. The molecule has 126 valence electrons. The van der Waals surface area contributed by atoms with Crippen molar-refractivity contribution in [2.45, 2.75) is 44.6 Å². The van der Waals surface area contributed by atoms with Crippen molar-refractivity contribution in [1.29, 1.82) is 0 Å². The first-order valence-corrected chi connectivity index (χ1v) is 8.50. The van der Waals surface area contributed by atoms with Gasteiger partial charge in [0.1, 0.15) is 0 Å². The zero-order valence-corrected chi connectivity index (χ0v) is 13.6. The van der Waals surface area contributed by atoms with Crippen LogP contribution in [0.2, 0.25) is 0 Å². The predicted molar refractivity (Wildman–Crippen MR) is 90.6 cm³/mol. The average Bonchev–Trinajstić information content (AvgIpc) is 2.60. The van der Waals surface area contributed by atoms with E-state index in [0.29, 0.717) is 5.92 Å². The molecule has 2 amide bonds. The van der Waals surface area contributed by atoms with Crippen LogP contribution in [-0.2, 0) is 9.59 Å². The lowest BCUT2D eigenvalue weighted by atomic mass is 9.83. The summed E-state index contributed by atoms with van der Waals surface area (Å²) in [5.41, 5.74) is 6.35. The van der Waals surface area contributed by atoms with Crippen molar-refractivity contribution in [3.63, 3.8) is 0 Å². The second-order valence-corrected chi connectivity index (χ2v) is 6.25. The summed E-state index contributed by atoms with van der Waals surface area (Å²) in [7, 11) is 0. The Bertz CT molecular complexity index is 498. The number of carbonyl (C=O) groups is 2. The fourth-order valence-corrected chi connectivity index (χ4v) is 3.22. The molecule has 0 bridgehead atoms. The maximum absolute atomic E-state index is 12.1. The zero-order valence-electron chi connectivity index (χ0n) is 13.6. The van der Waals surface area contributed by atoms with Gasteiger partial charge < -0.3 is 16.4 Å². The molecular weight excluding hydrogens is 290 g/mol. The van der Waals surface area contributed by atoms with Gasteiger partial charge in [-0.25, -0.2) is 0 Å². The van der Waals surface area contributed by atoms with E-state index in [4.69, 9.17) is 5.73 Å². The molecule has 1 aromatic carbocycles. The van der Waals surface area contributed by atoms with Crippen LogP contribution in [0, 0.1) is 5.92 Å². The molecule has 1 aliphatic carbocycles. The summed E-state index contributed by atoms with van der Waals surface area (Å²) in [5.74, 6) is 0.174. The fourth-order valence-electron chi connectivity index (χ4n) is 3.22. The van der Waals surface area contributed by atoms with Crippen molar-refractivity contribution in [3.8, 4) is 0 Å². The lowest BCUT2D eigenvalue weighted by molar-refractivity contribution is -0.125. The Kier molecular flexibility index (Phi) is 7.07. The maximum atomic E-state index is 12.1. The SMILES string of the molecule is NCC(=O)NCC(=O)NC(CC1CCCCC1)c1ccccc1. The maximum Gasteiger partial charge on any atom is 0.239 e. The van der Waals surface area contributed by atoms with E-state index < -0.39 is 0 Å². The van der Waals surface area contributed by atoms with Crippen molar-refractivity contribution >= 4 is 11.8 Å². The van der Waals surface area contributed by atoms with Crippen molar-refractivity contribution in [2.75, 3.05) is 13.1 Å². The van der Waals surface area contributed by atoms with E-state index >= 15 is 0 Å². The van der Waals surface area contributed by atoms with Gasteiger partial charge in [0.25, 0.3) is 0 Å². The van der Waals surface area contributed by atoms with Gasteiger partial charge in [-0.1, -0.05) is 62.4 Å². The topological polar surface area (TPSA) is 84.2 Å². The Morgan fingerprint density at radius 2 is 1.78 bits per heavy atom. The van der Waals surface area contributed by atoms with Crippen LogP contribution in [0.15, 0.2) is 30.3 Å². The third-order valence-corrected chi connectivity index (χ3v) is 4.46. The Hall–Kier alpha value is -1.88. The van der Waals surface area contributed by atoms with E-state index in [1.807, 2.05) is 30.3 Å². The van der Waals surface area contributed by atoms with Crippen LogP contribution in [0.1, 0.15) is 50.1 Å². The van der Waals surface area contributed by atoms with Crippen molar-refractivity contribution < 1.29 is 9.59 Å². The number of hydrogen-bond acceptors (Lipinski definition) is 3. The van der Waals surface area contributed by atoms with Gasteiger partial charge >= 0.3 is 0 Å². The number of benzene rings is 1. The number of hydrogen-bond donors (Lipinski definition) is 3.